The van der Waals surface area contributed by atoms with Gasteiger partial charge in [0, 0.05) is 37.9 Å². The number of rotatable bonds is 6. The highest BCUT2D eigenvalue weighted by molar-refractivity contribution is 7.89. The van der Waals surface area contributed by atoms with Crippen LogP contribution < -0.4 is 10.0 Å². The molecule has 1 aliphatic carbocycles. The number of pyridine rings is 2. The highest BCUT2D eigenvalue weighted by atomic mass is 32.2. The normalized spacial score (nSPS) is 23.7. The van der Waals surface area contributed by atoms with Gasteiger partial charge in [0.05, 0.1) is 10.4 Å². The molecule has 1 saturated carbocycles. The van der Waals surface area contributed by atoms with Crippen LogP contribution >= 0.6 is 12.2 Å². The maximum Gasteiger partial charge on any atom is 0.242 e. The van der Waals surface area contributed by atoms with E-state index in [1.54, 1.807) is 24.5 Å². The summed E-state index contributed by atoms with van der Waals surface area (Å²) in [6.07, 6.45) is 10.3. The van der Waals surface area contributed by atoms with Gasteiger partial charge in [0.15, 0.2) is 0 Å². The Bertz CT molecular complexity index is 906. The fraction of sp³-hybridized carbons (Fsp3) is 0.450. The predicted octanol–water partition coefficient (Wildman–Crippen LogP) is 2.82. The van der Waals surface area contributed by atoms with Crippen LogP contribution in [-0.4, -0.2) is 36.5 Å². The molecule has 1 aliphatic rings. The Labute approximate surface area is 172 Å². The first kappa shape index (κ1) is 20.8. The highest BCUT2D eigenvalue weighted by Crippen LogP contribution is 2.46. The molecule has 0 spiro atoms. The zero-order valence-corrected chi connectivity index (χ0v) is 17.8. The van der Waals surface area contributed by atoms with E-state index in [1.165, 1.54) is 6.20 Å². The Morgan fingerprint density at radius 3 is 2.54 bits per heavy atom. The van der Waals surface area contributed by atoms with E-state index in [2.05, 4.69) is 20.0 Å². The molecule has 150 valence electrons. The van der Waals surface area contributed by atoms with Gasteiger partial charge in [0.1, 0.15) is 4.90 Å². The molecule has 0 amide bonds. The number of aromatic nitrogens is 2. The monoisotopic (exact) mass is 418 g/mol. The van der Waals surface area contributed by atoms with E-state index in [4.69, 9.17) is 12.2 Å². The highest BCUT2D eigenvalue weighted by Gasteiger charge is 2.48. The van der Waals surface area contributed by atoms with E-state index >= 15 is 0 Å². The lowest BCUT2D eigenvalue weighted by Gasteiger charge is -2.47. The second-order valence-electron chi connectivity index (χ2n) is 7.24. The minimum absolute atomic E-state index is 0.0110. The van der Waals surface area contributed by atoms with Crippen molar-refractivity contribution in [3.63, 3.8) is 0 Å². The van der Waals surface area contributed by atoms with Crippen LogP contribution in [0.4, 0.5) is 0 Å². The van der Waals surface area contributed by atoms with Crippen molar-refractivity contribution >= 4 is 27.2 Å². The smallest absolute Gasteiger partial charge is 0.242 e. The lowest BCUT2D eigenvalue weighted by Crippen LogP contribution is -2.55. The molecule has 2 aromatic heterocycles. The van der Waals surface area contributed by atoms with Crippen molar-refractivity contribution < 1.29 is 8.42 Å². The summed E-state index contributed by atoms with van der Waals surface area (Å²) in [4.78, 5) is 9.13. The summed E-state index contributed by atoms with van der Waals surface area (Å²) in [5.41, 5.74) is 0.583. The average Bonchev–Trinajstić information content (AvgIpc) is 2.74. The topological polar surface area (TPSA) is 84.0 Å². The summed E-state index contributed by atoms with van der Waals surface area (Å²) < 4.78 is 28.6. The first-order chi connectivity index (χ1) is 13.4. The number of nitrogens with zero attached hydrogens (tertiary/aromatic N) is 2. The molecule has 2 aromatic rings. The van der Waals surface area contributed by atoms with Crippen molar-refractivity contribution in [3.8, 4) is 0 Å². The van der Waals surface area contributed by atoms with Gasteiger partial charge < -0.3 is 5.32 Å². The van der Waals surface area contributed by atoms with Crippen molar-refractivity contribution in [2.45, 2.75) is 49.0 Å². The van der Waals surface area contributed by atoms with Crippen LogP contribution in [0.15, 0.2) is 53.9 Å². The number of sulfonamides is 1. The van der Waals surface area contributed by atoms with E-state index in [9.17, 15) is 8.42 Å². The maximum absolute atomic E-state index is 12.9. The molecule has 3 atom stereocenters. The Kier molecular flexibility index (Phi) is 6.42. The van der Waals surface area contributed by atoms with Gasteiger partial charge in [0.25, 0.3) is 0 Å². The molecule has 0 radical (unpaired) electrons. The van der Waals surface area contributed by atoms with E-state index in [1.807, 2.05) is 32.3 Å². The molecule has 2 N–H and O–H groups in total. The van der Waals surface area contributed by atoms with Gasteiger partial charge in [-0.25, -0.2) is 13.1 Å². The molecular weight excluding hydrogens is 392 g/mol. The molecule has 1 unspecified atom stereocenters. The Morgan fingerprint density at radius 1 is 1.21 bits per heavy atom. The molecule has 8 heteroatoms. The minimum Gasteiger partial charge on any atom is -0.382 e. The van der Waals surface area contributed by atoms with Crippen molar-refractivity contribution in [3.05, 3.63) is 54.6 Å². The van der Waals surface area contributed by atoms with Crippen molar-refractivity contribution in [2.75, 3.05) is 7.05 Å². The van der Waals surface area contributed by atoms with Gasteiger partial charge in [-0.1, -0.05) is 31.1 Å². The summed E-state index contributed by atoms with van der Waals surface area (Å²) in [5.74, 6) is 0.0110. The minimum atomic E-state index is -3.67. The summed E-state index contributed by atoms with van der Waals surface area (Å²) in [6, 6.07) is 6.81. The second kappa shape index (κ2) is 8.63. The third-order valence-electron chi connectivity index (χ3n) is 5.67. The zero-order valence-electron chi connectivity index (χ0n) is 16.1. The molecule has 0 saturated heterocycles. The van der Waals surface area contributed by atoms with E-state index in [0.717, 1.165) is 36.2 Å². The Balaban J connectivity index is 1.98. The number of nitrogens with one attached hydrogen (secondary N) is 2. The standard InChI is InChI=1S/C20H26N4O2S2/c1-15(24-28(25,26)17-8-6-12-23-14-17)18-9-3-4-10-20(18,19(27)21-2)16-7-5-11-22-13-16/h5-8,11-15,18,24H,3-4,9-10H2,1-2H3,(H,21,27)/t15?,18-,20-/m1/s1. The summed E-state index contributed by atoms with van der Waals surface area (Å²) in [6.45, 7) is 1.92. The van der Waals surface area contributed by atoms with Crippen molar-refractivity contribution in [1.29, 1.82) is 0 Å². The van der Waals surface area contributed by atoms with Crippen LogP contribution in [-0.2, 0) is 15.4 Å². The largest absolute Gasteiger partial charge is 0.382 e. The molecule has 6 nitrogen and oxygen atoms in total. The molecule has 28 heavy (non-hydrogen) atoms. The van der Waals surface area contributed by atoms with Gasteiger partial charge in [-0.15, -0.1) is 0 Å². The lowest BCUT2D eigenvalue weighted by atomic mass is 9.60. The van der Waals surface area contributed by atoms with Crippen molar-refractivity contribution in [2.24, 2.45) is 5.92 Å². The third-order valence-corrected chi connectivity index (χ3v) is 7.78. The fourth-order valence-corrected chi connectivity index (χ4v) is 6.02. The number of hydrogen-bond acceptors (Lipinski definition) is 5. The number of thiocarbonyl (C=S) groups is 1. The van der Waals surface area contributed by atoms with E-state index in [-0.39, 0.29) is 16.9 Å². The lowest BCUT2D eigenvalue weighted by molar-refractivity contribution is 0.213. The van der Waals surface area contributed by atoms with Crippen LogP contribution in [0.1, 0.15) is 38.2 Å². The third kappa shape index (κ3) is 3.94. The van der Waals surface area contributed by atoms with Crippen LogP contribution in [0.25, 0.3) is 0 Å². The molecule has 3 rings (SSSR count). The number of hydrogen-bond donors (Lipinski definition) is 2. The Hall–Kier alpha value is -1.90. The van der Waals surface area contributed by atoms with Gasteiger partial charge in [-0.05, 0) is 49.4 Å². The predicted molar refractivity (Wildman–Crippen MR) is 114 cm³/mol. The summed E-state index contributed by atoms with van der Waals surface area (Å²) >= 11 is 5.77. The number of likely N-dealkylation sites (N-methyl/N-ethyl adjacent to an activating group) is 1. The second-order valence-corrected chi connectivity index (χ2v) is 9.37. The Morgan fingerprint density at radius 2 is 1.93 bits per heavy atom. The van der Waals surface area contributed by atoms with Crippen LogP contribution in [0.3, 0.4) is 0 Å². The summed E-state index contributed by atoms with van der Waals surface area (Å²) in [5, 5.41) is 3.17. The first-order valence-electron chi connectivity index (χ1n) is 9.47. The van der Waals surface area contributed by atoms with Crippen LogP contribution in [0.2, 0.25) is 0 Å². The maximum atomic E-state index is 12.9. The zero-order chi connectivity index (χ0) is 20.2. The van der Waals surface area contributed by atoms with E-state index in [0.29, 0.717) is 0 Å². The van der Waals surface area contributed by atoms with Gasteiger partial charge in [-0.2, -0.15) is 0 Å². The SMILES string of the molecule is CNC(=S)[C@@]1(c2cccnc2)CCCC[C@@H]1C(C)NS(=O)(=O)c1cccnc1. The van der Waals surface area contributed by atoms with Crippen molar-refractivity contribution in [1.82, 2.24) is 20.0 Å². The molecule has 0 aromatic carbocycles. The average molecular weight is 419 g/mol. The fourth-order valence-electron chi connectivity index (χ4n) is 4.40. The molecule has 1 fully saturated rings. The first-order valence-corrected chi connectivity index (χ1v) is 11.4. The van der Waals surface area contributed by atoms with Gasteiger partial charge in [-0.3, -0.25) is 9.97 Å². The van der Waals surface area contributed by atoms with Crippen LogP contribution in [0, 0.1) is 5.92 Å². The molecule has 0 aliphatic heterocycles. The molecular formula is C20H26N4O2S2. The molecule has 2 heterocycles. The van der Waals surface area contributed by atoms with E-state index < -0.39 is 15.4 Å². The van der Waals surface area contributed by atoms with Gasteiger partial charge >= 0.3 is 0 Å². The summed E-state index contributed by atoms with van der Waals surface area (Å²) in [7, 11) is -1.84. The van der Waals surface area contributed by atoms with Gasteiger partial charge in [0.2, 0.25) is 10.0 Å². The quantitative estimate of drug-likeness (QED) is 0.702. The van der Waals surface area contributed by atoms with Crippen LogP contribution in [0.5, 0.6) is 0 Å². The molecule has 0 bridgehead atoms.